The largest absolute Gasteiger partial charge is 0.486 e. The lowest BCUT2D eigenvalue weighted by Gasteiger charge is -2.24. The number of nitrogens with one attached hydrogen (secondary N) is 2. The third kappa shape index (κ3) is 4.74. The summed E-state index contributed by atoms with van der Waals surface area (Å²) in [6.45, 7) is 9.98. The van der Waals surface area contributed by atoms with E-state index in [0.717, 1.165) is 31.2 Å². The van der Waals surface area contributed by atoms with E-state index < -0.39 is 0 Å². The molecule has 2 heterocycles. The Morgan fingerprint density at radius 1 is 1.27 bits per heavy atom. The molecule has 1 saturated heterocycles. The van der Waals surface area contributed by atoms with Gasteiger partial charge in [-0.1, -0.05) is 18.5 Å². The minimum absolute atomic E-state index is 0.536. The van der Waals surface area contributed by atoms with Gasteiger partial charge in [0.25, 0.3) is 0 Å². The summed E-state index contributed by atoms with van der Waals surface area (Å²) in [4.78, 5) is 7.23. The molecule has 2 N–H and O–H groups in total. The van der Waals surface area contributed by atoms with E-state index in [4.69, 9.17) is 26.1 Å². The Balaban J connectivity index is 1.62. The Morgan fingerprint density at radius 2 is 2.12 bits per heavy atom. The van der Waals surface area contributed by atoms with E-state index in [1.165, 1.54) is 19.4 Å². The number of ether oxygens (including phenoxy) is 2. The average molecular weight is 381 g/mol. The second-order valence-corrected chi connectivity index (χ2v) is 7.01. The van der Waals surface area contributed by atoms with E-state index in [-0.39, 0.29) is 0 Å². The lowest BCUT2D eigenvalue weighted by molar-refractivity contribution is 0.171. The van der Waals surface area contributed by atoms with E-state index in [1.54, 1.807) is 0 Å². The highest BCUT2D eigenvalue weighted by atomic mass is 35.5. The molecular weight excluding hydrogens is 352 g/mol. The number of likely N-dealkylation sites (N-methyl/N-ethyl adjacent to an activating group) is 1. The van der Waals surface area contributed by atoms with Crippen LogP contribution in [0.2, 0.25) is 5.02 Å². The second-order valence-electron chi connectivity index (χ2n) is 6.60. The Labute approximate surface area is 160 Å². The van der Waals surface area contributed by atoms with Gasteiger partial charge < -0.3 is 20.1 Å². The number of rotatable bonds is 6. The van der Waals surface area contributed by atoms with Gasteiger partial charge >= 0.3 is 0 Å². The minimum atomic E-state index is 0.536. The molecular formula is C19H29ClN4O2. The van der Waals surface area contributed by atoms with Crippen molar-refractivity contribution in [3.05, 3.63) is 22.7 Å². The normalized spacial score (nSPS) is 20.3. The molecule has 0 aliphatic carbocycles. The van der Waals surface area contributed by atoms with Crippen LogP contribution in [-0.4, -0.2) is 56.3 Å². The van der Waals surface area contributed by atoms with Crippen molar-refractivity contribution in [3.8, 4) is 11.5 Å². The standard InChI is InChI=1S/C19H29ClN4O2/c1-3-21-19(23-13-15-6-5-7-24(15)4-2)22-12-14-10-16(20)18-17(11-14)25-8-9-26-18/h10-11,15H,3-9,12-13H2,1-2H3,(H2,21,22,23). The zero-order valence-electron chi connectivity index (χ0n) is 15.7. The molecule has 0 bridgehead atoms. The Morgan fingerprint density at radius 3 is 2.92 bits per heavy atom. The van der Waals surface area contributed by atoms with E-state index in [0.29, 0.717) is 42.3 Å². The van der Waals surface area contributed by atoms with Crippen molar-refractivity contribution >= 4 is 17.6 Å². The Hall–Kier alpha value is -1.66. The maximum absolute atomic E-state index is 6.31. The van der Waals surface area contributed by atoms with Gasteiger partial charge in [0.2, 0.25) is 0 Å². The van der Waals surface area contributed by atoms with Crippen LogP contribution >= 0.6 is 11.6 Å². The van der Waals surface area contributed by atoms with Gasteiger partial charge in [-0.3, -0.25) is 4.90 Å². The predicted octanol–water partition coefficient (Wildman–Crippen LogP) is 2.65. The Kier molecular flexibility index (Phi) is 6.86. The van der Waals surface area contributed by atoms with Gasteiger partial charge in [-0.05, 0) is 50.6 Å². The molecule has 2 aliphatic heterocycles. The van der Waals surface area contributed by atoms with Gasteiger partial charge in [0.15, 0.2) is 17.5 Å². The van der Waals surface area contributed by atoms with Crippen LogP contribution in [-0.2, 0) is 6.54 Å². The van der Waals surface area contributed by atoms with Crippen LogP contribution in [0.1, 0.15) is 32.3 Å². The summed E-state index contributed by atoms with van der Waals surface area (Å²) >= 11 is 6.31. The molecule has 1 unspecified atom stereocenters. The van der Waals surface area contributed by atoms with Crippen molar-refractivity contribution in [1.29, 1.82) is 0 Å². The van der Waals surface area contributed by atoms with Crippen molar-refractivity contribution in [2.45, 2.75) is 39.3 Å². The summed E-state index contributed by atoms with van der Waals surface area (Å²) in [5.41, 5.74) is 1.01. The molecule has 1 fully saturated rings. The summed E-state index contributed by atoms with van der Waals surface area (Å²) in [5.74, 6) is 2.18. The molecule has 0 spiro atoms. The second kappa shape index (κ2) is 9.33. The molecule has 6 nitrogen and oxygen atoms in total. The predicted molar refractivity (Wildman–Crippen MR) is 106 cm³/mol. The first-order chi connectivity index (χ1) is 12.7. The molecule has 3 rings (SSSR count). The van der Waals surface area contributed by atoms with Crippen molar-refractivity contribution in [2.24, 2.45) is 4.99 Å². The number of nitrogens with zero attached hydrogens (tertiary/aromatic N) is 2. The van der Waals surface area contributed by atoms with E-state index >= 15 is 0 Å². The number of halogens is 1. The first-order valence-corrected chi connectivity index (χ1v) is 9.93. The molecule has 0 saturated carbocycles. The number of aliphatic imine (C=N–C) groups is 1. The summed E-state index contributed by atoms with van der Waals surface area (Å²) in [6, 6.07) is 4.45. The molecule has 0 aromatic heterocycles. The van der Waals surface area contributed by atoms with Crippen LogP contribution in [0.4, 0.5) is 0 Å². The molecule has 2 aliphatic rings. The van der Waals surface area contributed by atoms with Crippen LogP contribution in [0.3, 0.4) is 0 Å². The number of hydrogen-bond acceptors (Lipinski definition) is 4. The van der Waals surface area contributed by atoms with Gasteiger partial charge in [-0.15, -0.1) is 0 Å². The maximum Gasteiger partial charge on any atom is 0.191 e. The van der Waals surface area contributed by atoms with Gasteiger partial charge in [0.05, 0.1) is 11.6 Å². The van der Waals surface area contributed by atoms with Crippen LogP contribution in [0.5, 0.6) is 11.5 Å². The van der Waals surface area contributed by atoms with Crippen LogP contribution < -0.4 is 20.1 Å². The number of guanidine groups is 1. The monoisotopic (exact) mass is 380 g/mol. The summed E-state index contributed by atoms with van der Waals surface area (Å²) < 4.78 is 11.2. The molecule has 7 heteroatoms. The maximum atomic E-state index is 6.31. The van der Waals surface area contributed by atoms with Crippen LogP contribution in [0.25, 0.3) is 0 Å². The van der Waals surface area contributed by atoms with Gasteiger partial charge in [-0.2, -0.15) is 0 Å². The number of hydrogen-bond donors (Lipinski definition) is 2. The molecule has 0 radical (unpaired) electrons. The van der Waals surface area contributed by atoms with Crippen molar-refractivity contribution in [2.75, 3.05) is 39.4 Å². The fourth-order valence-electron chi connectivity index (χ4n) is 3.52. The average Bonchev–Trinajstić information content (AvgIpc) is 3.11. The molecule has 1 atom stereocenters. The molecule has 0 amide bonds. The van der Waals surface area contributed by atoms with Gasteiger partial charge in [0.1, 0.15) is 13.2 Å². The topological polar surface area (TPSA) is 58.1 Å². The first kappa shape index (κ1) is 19.1. The zero-order valence-corrected chi connectivity index (χ0v) is 16.4. The summed E-state index contributed by atoms with van der Waals surface area (Å²) in [7, 11) is 0. The SMILES string of the molecule is CCNC(=NCc1cc(Cl)c2c(c1)OCCO2)NCC1CCCN1CC. The van der Waals surface area contributed by atoms with Crippen molar-refractivity contribution in [3.63, 3.8) is 0 Å². The van der Waals surface area contributed by atoms with E-state index in [2.05, 4.69) is 29.4 Å². The number of benzene rings is 1. The highest BCUT2D eigenvalue weighted by Gasteiger charge is 2.22. The van der Waals surface area contributed by atoms with Gasteiger partial charge in [0, 0.05) is 19.1 Å². The lowest BCUT2D eigenvalue weighted by Crippen LogP contribution is -2.44. The molecule has 1 aromatic carbocycles. The van der Waals surface area contributed by atoms with Crippen LogP contribution in [0.15, 0.2) is 17.1 Å². The van der Waals surface area contributed by atoms with E-state index in [9.17, 15) is 0 Å². The third-order valence-corrected chi connectivity index (χ3v) is 5.11. The van der Waals surface area contributed by atoms with E-state index in [1.807, 2.05) is 12.1 Å². The molecule has 26 heavy (non-hydrogen) atoms. The van der Waals surface area contributed by atoms with Crippen LogP contribution in [0, 0.1) is 0 Å². The Bertz CT molecular complexity index is 638. The highest BCUT2D eigenvalue weighted by molar-refractivity contribution is 6.32. The quantitative estimate of drug-likeness (QED) is 0.587. The number of likely N-dealkylation sites (tertiary alicyclic amines) is 1. The minimum Gasteiger partial charge on any atom is -0.486 e. The highest BCUT2D eigenvalue weighted by Crippen LogP contribution is 2.38. The van der Waals surface area contributed by atoms with Crippen molar-refractivity contribution < 1.29 is 9.47 Å². The summed E-state index contributed by atoms with van der Waals surface area (Å²) in [5, 5.41) is 7.38. The lowest BCUT2D eigenvalue weighted by atomic mass is 10.2. The fraction of sp³-hybridized carbons (Fsp3) is 0.632. The first-order valence-electron chi connectivity index (χ1n) is 9.55. The zero-order chi connectivity index (χ0) is 18.4. The third-order valence-electron chi connectivity index (χ3n) is 4.83. The molecule has 1 aromatic rings. The van der Waals surface area contributed by atoms with Gasteiger partial charge in [-0.25, -0.2) is 4.99 Å². The molecule has 144 valence electrons. The van der Waals surface area contributed by atoms with Crippen molar-refractivity contribution in [1.82, 2.24) is 15.5 Å². The summed E-state index contributed by atoms with van der Waals surface area (Å²) in [6.07, 6.45) is 2.53. The fourth-order valence-corrected chi connectivity index (χ4v) is 3.81. The number of fused-ring (bicyclic) bond motifs is 1. The smallest absolute Gasteiger partial charge is 0.191 e.